The fourth-order valence-electron chi connectivity index (χ4n) is 5.53. The number of nitro groups is 1. The number of hydrogen-bond acceptors (Lipinski definition) is 13. The Labute approximate surface area is 301 Å². The summed E-state index contributed by atoms with van der Waals surface area (Å²) >= 11 is 0. The third kappa shape index (κ3) is 11.6. The molecule has 0 aromatic heterocycles. The van der Waals surface area contributed by atoms with Gasteiger partial charge in [-0.05, 0) is 49.8 Å². The van der Waals surface area contributed by atoms with Gasteiger partial charge in [0, 0.05) is 32.3 Å². The van der Waals surface area contributed by atoms with Crippen LogP contribution in [0.25, 0.3) is 0 Å². The van der Waals surface area contributed by atoms with Gasteiger partial charge in [0.1, 0.15) is 24.4 Å². The minimum Gasteiger partial charge on any atom is -0.461 e. The summed E-state index contributed by atoms with van der Waals surface area (Å²) in [6.45, 7) is 0.703. The number of nitro benzene ring substituents is 1. The molecule has 3 rings (SSSR count). The van der Waals surface area contributed by atoms with Gasteiger partial charge in [-0.15, -0.1) is 0 Å². The van der Waals surface area contributed by atoms with Crippen LogP contribution in [0.1, 0.15) is 51.0 Å². The molecule has 0 aliphatic carbocycles. The number of esters is 2. The first kappa shape index (κ1) is 41.0. The third-order valence-corrected chi connectivity index (χ3v) is 8.45. The lowest BCUT2D eigenvalue weighted by Crippen LogP contribution is -2.56. The van der Waals surface area contributed by atoms with Crippen LogP contribution in [0.3, 0.4) is 0 Å². The van der Waals surface area contributed by atoms with E-state index in [0.29, 0.717) is 24.2 Å². The van der Waals surface area contributed by atoms with Gasteiger partial charge in [0.05, 0.1) is 30.5 Å². The molecule has 2 aromatic carbocycles. The molecule has 1 aliphatic rings. The number of ether oxygens (including phenoxy) is 3. The molecule has 4 N–H and O–H groups in total. The first-order valence-electron chi connectivity index (χ1n) is 17.0. The molecular formula is C35H46N6O11. The summed E-state index contributed by atoms with van der Waals surface area (Å²) in [6.07, 6.45) is 0.523. The monoisotopic (exact) mass is 726 g/mol. The molecule has 3 atom stereocenters. The number of likely N-dealkylation sites (N-methyl/N-ethyl adjacent to an activating group) is 1. The fraction of sp³-hybridized carbons (Fsp3) is 0.486. The molecule has 0 radical (unpaired) electrons. The van der Waals surface area contributed by atoms with E-state index in [2.05, 4.69) is 0 Å². The maximum Gasteiger partial charge on any atom is 0.417 e. The zero-order valence-corrected chi connectivity index (χ0v) is 29.3. The first-order chi connectivity index (χ1) is 24.9. The predicted molar refractivity (Wildman–Crippen MR) is 185 cm³/mol. The molecule has 0 saturated carbocycles. The number of amides is 4. The second kappa shape index (κ2) is 20.4. The number of unbranched alkanes of at least 4 members (excludes halogenated alkanes) is 1. The van der Waals surface area contributed by atoms with Crippen molar-refractivity contribution in [1.29, 1.82) is 0 Å². The van der Waals surface area contributed by atoms with Gasteiger partial charge in [-0.1, -0.05) is 43.7 Å². The van der Waals surface area contributed by atoms with Crippen molar-refractivity contribution in [3.8, 4) is 5.75 Å². The summed E-state index contributed by atoms with van der Waals surface area (Å²) in [6, 6.07) is 11.3. The van der Waals surface area contributed by atoms with Gasteiger partial charge in [-0.2, -0.15) is 0 Å². The third-order valence-electron chi connectivity index (χ3n) is 8.45. The Bertz CT molecular complexity index is 1560. The highest BCUT2D eigenvalue weighted by Gasteiger charge is 2.40. The summed E-state index contributed by atoms with van der Waals surface area (Å²) < 4.78 is 16.1. The molecule has 0 spiro atoms. The number of nitrogens with two attached hydrogens (primary N) is 2. The minimum atomic E-state index is -1.53. The highest BCUT2D eigenvalue weighted by atomic mass is 16.6. The van der Waals surface area contributed by atoms with Crippen molar-refractivity contribution in [2.45, 2.75) is 64.1 Å². The highest BCUT2D eigenvalue weighted by Crippen LogP contribution is 2.23. The average molecular weight is 727 g/mol. The van der Waals surface area contributed by atoms with Crippen molar-refractivity contribution in [1.82, 2.24) is 14.7 Å². The number of carbonyl (C=O) groups excluding carboxylic acids is 6. The fourth-order valence-corrected chi connectivity index (χ4v) is 5.53. The second-order valence-electron chi connectivity index (χ2n) is 12.2. The molecule has 1 unspecified atom stereocenters. The molecule has 4 amide bonds. The van der Waals surface area contributed by atoms with Gasteiger partial charge in [0.25, 0.3) is 5.69 Å². The van der Waals surface area contributed by atoms with Crippen LogP contribution in [0.4, 0.5) is 10.5 Å². The predicted octanol–water partition coefficient (Wildman–Crippen LogP) is 2.14. The molecule has 282 valence electrons. The van der Waals surface area contributed by atoms with Crippen molar-refractivity contribution in [3.05, 3.63) is 70.3 Å². The Morgan fingerprint density at radius 2 is 1.69 bits per heavy atom. The zero-order chi connectivity index (χ0) is 38.2. The molecule has 17 heteroatoms. The van der Waals surface area contributed by atoms with E-state index in [1.807, 2.05) is 13.0 Å². The molecule has 1 saturated heterocycles. The lowest BCUT2D eigenvalue weighted by atomic mass is 9.98. The number of rotatable bonds is 18. The molecular weight excluding hydrogens is 680 g/mol. The standard InChI is InChI=1S/C35H46N6O11/c1-3-4-19-50-35(47)40(30(42)21-37)28(17-12-25(20-36)33(45)51-23-24-9-6-5-7-10-24)32(44)38(2)22-31(43)39-18-8-11-29(39)34(46)52-27-15-13-26(14-16-27)41(48)49/h5-7,9-10,13-16,25,28-29H,3-4,8,11-12,17-23,36-37H2,1-2H3/t25?,28-,29-/m0/s1. The molecule has 0 bridgehead atoms. The maximum absolute atomic E-state index is 14.0. The smallest absolute Gasteiger partial charge is 0.417 e. The lowest BCUT2D eigenvalue weighted by molar-refractivity contribution is -0.384. The van der Waals surface area contributed by atoms with Crippen LogP contribution in [0.15, 0.2) is 54.6 Å². The highest BCUT2D eigenvalue weighted by molar-refractivity contribution is 5.99. The van der Waals surface area contributed by atoms with Crippen LogP contribution in [-0.2, 0) is 40.1 Å². The molecule has 2 aromatic rings. The van der Waals surface area contributed by atoms with Gasteiger partial charge in [0.15, 0.2) is 0 Å². The molecule has 1 heterocycles. The van der Waals surface area contributed by atoms with Crippen LogP contribution >= 0.6 is 0 Å². The van der Waals surface area contributed by atoms with Crippen LogP contribution in [0.5, 0.6) is 5.75 Å². The van der Waals surface area contributed by atoms with E-state index in [1.54, 1.807) is 24.3 Å². The number of benzene rings is 2. The van der Waals surface area contributed by atoms with Crippen molar-refractivity contribution < 1.29 is 47.9 Å². The van der Waals surface area contributed by atoms with Crippen molar-refractivity contribution in [2.24, 2.45) is 17.4 Å². The van der Waals surface area contributed by atoms with Crippen molar-refractivity contribution in [3.63, 3.8) is 0 Å². The van der Waals surface area contributed by atoms with Gasteiger partial charge in [0.2, 0.25) is 17.7 Å². The van der Waals surface area contributed by atoms with Gasteiger partial charge >= 0.3 is 18.0 Å². The second-order valence-corrected chi connectivity index (χ2v) is 12.2. The van der Waals surface area contributed by atoms with E-state index in [9.17, 15) is 38.9 Å². The normalized spacial score (nSPS) is 14.8. The summed E-state index contributed by atoms with van der Waals surface area (Å²) in [4.78, 5) is 93.1. The Kier molecular flexibility index (Phi) is 16.1. The number of imide groups is 1. The summed E-state index contributed by atoms with van der Waals surface area (Å²) in [5, 5.41) is 10.9. The summed E-state index contributed by atoms with van der Waals surface area (Å²) in [5.74, 6) is -4.57. The topological polar surface area (TPSA) is 235 Å². The average Bonchev–Trinajstić information content (AvgIpc) is 3.64. The van der Waals surface area contributed by atoms with Gasteiger partial charge in [-0.3, -0.25) is 29.3 Å². The Balaban J connectivity index is 1.77. The first-order valence-corrected chi connectivity index (χ1v) is 17.0. The van der Waals surface area contributed by atoms with Gasteiger partial charge in [-0.25, -0.2) is 14.5 Å². The van der Waals surface area contributed by atoms with Crippen LogP contribution in [0.2, 0.25) is 0 Å². The number of likely N-dealkylation sites (tertiary alicyclic amines) is 1. The zero-order valence-electron chi connectivity index (χ0n) is 29.3. The van der Waals surface area contributed by atoms with Gasteiger partial charge < -0.3 is 35.5 Å². The maximum atomic E-state index is 14.0. The number of non-ortho nitro benzene ring substituents is 1. The Hall–Kier alpha value is -5.42. The van der Waals surface area contributed by atoms with E-state index < -0.39 is 71.8 Å². The van der Waals surface area contributed by atoms with Crippen LogP contribution in [0, 0.1) is 16.0 Å². The van der Waals surface area contributed by atoms with E-state index in [1.165, 1.54) is 36.2 Å². The molecule has 1 fully saturated rings. The molecule has 17 nitrogen and oxygen atoms in total. The largest absolute Gasteiger partial charge is 0.461 e. The SMILES string of the molecule is CCCCOC(=O)N(C(=O)CN)[C@@H](CCC(CN)C(=O)OCc1ccccc1)C(=O)N(C)CC(=O)N1CCC[C@H]1C(=O)Oc1ccc([N+](=O)[O-])cc1. The summed E-state index contributed by atoms with van der Waals surface area (Å²) in [7, 11) is 1.30. The quantitative estimate of drug-likeness (QED) is 0.0738. The number of carbonyl (C=O) groups is 6. The Morgan fingerprint density at radius 1 is 1.00 bits per heavy atom. The van der Waals surface area contributed by atoms with Crippen molar-refractivity contribution in [2.75, 3.05) is 39.8 Å². The van der Waals surface area contributed by atoms with E-state index >= 15 is 0 Å². The van der Waals surface area contributed by atoms with Crippen molar-refractivity contribution >= 4 is 41.4 Å². The minimum absolute atomic E-state index is 0.0101. The number of hydrogen-bond donors (Lipinski definition) is 2. The van der Waals surface area contributed by atoms with E-state index in [4.69, 9.17) is 25.7 Å². The summed E-state index contributed by atoms with van der Waals surface area (Å²) in [5.41, 5.74) is 12.1. The lowest BCUT2D eigenvalue weighted by Gasteiger charge is -2.32. The van der Waals surface area contributed by atoms with Crippen LogP contribution < -0.4 is 16.2 Å². The number of nitrogens with zero attached hydrogens (tertiary/aromatic N) is 4. The van der Waals surface area contributed by atoms with E-state index in [0.717, 1.165) is 10.5 Å². The Morgan fingerprint density at radius 3 is 2.31 bits per heavy atom. The molecule has 52 heavy (non-hydrogen) atoms. The van der Waals surface area contributed by atoms with Crippen LogP contribution in [-0.4, -0.2) is 107 Å². The van der Waals surface area contributed by atoms with E-state index in [-0.39, 0.29) is 57.0 Å². The molecule has 1 aliphatic heterocycles.